The zero-order chi connectivity index (χ0) is 20.3. The van der Waals surface area contributed by atoms with Gasteiger partial charge in [0, 0.05) is 26.8 Å². The topological polar surface area (TPSA) is 41.1 Å². The fourth-order valence-corrected chi connectivity index (χ4v) is 5.69. The molecule has 150 valence electrons. The molecule has 2 aromatic rings. The van der Waals surface area contributed by atoms with Crippen molar-refractivity contribution >= 4 is 37.8 Å². The molecule has 1 unspecified atom stereocenters. The molecule has 1 aliphatic heterocycles. The van der Waals surface area contributed by atoms with Crippen molar-refractivity contribution in [2.75, 3.05) is 13.1 Å². The number of carbonyl (C=O) groups excluding carboxylic acids is 1. The molecule has 1 amide bonds. The molecule has 1 atom stereocenters. The number of aryl methyl sites for hydroxylation is 1. The average molecular weight is 512 g/mol. The molecule has 6 heteroatoms. The highest BCUT2D eigenvalue weighted by Crippen LogP contribution is 2.42. The summed E-state index contributed by atoms with van der Waals surface area (Å²) in [6, 6.07) is 10.9. The molecule has 0 bridgehead atoms. The highest BCUT2D eigenvalue weighted by atomic mass is 79.9. The Hall–Kier alpha value is -1.24. The van der Waals surface area contributed by atoms with Crippen LogP contribution in [0.4, 0.5) is 4.39 Å². The van der Waals surface area contributed by atoms with Gasteiger partial charge in [-0.3, -0.25) is 4.79 Å². The third-order valence-electron chi connectivity index (χ3n) is 5.83. The lowest BCUT2D eigenvalue weighted by Gasteiger charge is -2.43. The van der Waals surface area contributed by atoms with Gasteiger partial charge < -0.3 is 10.6 Å². The largest absolute Gasteiger partial charge is 0.352 e. The molecule has 0 spiro atoms. The van der Waals surface area contributed by atoms with E-state index in [-0.39, 0.29) is 23.1 Å². The van der Waals surface area contributed by atoms with Crippen LogP contribution in [0, 0.1) is 18.7 Å². The summed E-state index contributed by atoms with van der Waals surface area (Å²) < 4.78 is 15.6. The van der Waals surface area contributed by atoms with Crippen molar-refractivity contribution in [2.45, 2.75) is 38.6 Å². The summed E-state index contributed by atoms with van der Waals surface area (Å²) >= 11 is 6.97. The Labute approximate surface area is 182 Å². The first-order valence-electron chi connectivity index (χ1n) is 9.52. The Morgan fingerprint density at radius 1 is 1.18 bits per heavy atom. The van der Waals surface area contributed by atoms with Gasteiger partial charge in [0.2, 0.25) is 5.91 Å². The zero-order valence-electron chi connectivity index (χ0n) is 16.1. The van der Waals surface area contributed by atoms with Gasteiger partial charge >= 0.3 is 0 Å². The number of amides is 1. The normalized spacial score (nSPS) is 17.2. The number of hydrogen-bond acceptors (Lipinski definition) is 2. The van der Waals surface area contributed by atoms with Crippen LogP contribution in [0.3, 0.4) is 0 Å². The predicted molar refractivity (Wildman–Crippen MR) is 118 cm³/mol. The van der Waals surface area contributed by atoms with Gasteiger partial charge in [0.1, 0.15) is 5.82 Å². The molecule has 0 aromatic heterocycles. The molecule has 2 N–H and O–H groups in total. The van der Waals surface area contributed by atoms with Crippen molar-refractivity contribution in [1.29, 1.82) is 0 Å². The van der Waals surface area contributed by atoms with Gasteiger partial charge in [0.25, 0.3) is 0 Å². The molecule has 0 saturated carbocycles. The van der Waals surface area contributed by atoms with Crippen LogP contribution in [-0.4, -0.2) is 19.0 Å². The summed E-state index contributed by atoms with van der Waals surface area (Å²) in [4.78, 5) is 13.1. The van der Waals surface area contributed by atoms with E-state index in [0.29, 0.717) is 6.54 Å². The number of nitrogens with one attached hydrogen (secondary N) is 2. The molecule has 0 radical (unpaired) electrons. The monoisotopic (exact) mass is 510 g/mol. The van der Waals surface area contributed by atoms with Crippen LogP contribution in [-0.2, 0) is 16.8 Å². The van der Waals surface area contributed by atoms with Crippen LogP contribution >= 0.6 is 31.9 Å². The summed E-state index contributed by atoms with van der Waals surface area (Å²) in [5.41, 5.74) is 2.74. The Balaban J connectivity index is 1.82. The van der Waals surface area contributed by atoms with Gasteiger partial charge in [-0.15, -0.1) is 0 Å². The molecular weight excluding hydrogens is 487 g/mol. The molecule has 2 aromatic carbocycles. The van der Waals surface area contributed by atoms with Crippen molar-refractivity contribution in [3.8, 4) is 0 Å². The quantitative estimate of drug-likeness (QED) is 0.576. The first-order valence-corrected chi connectivity index (χ1v) is 11.1. The number of rotatable bonds is 5. The third kappa shape index (κ3) is 4.66. The number of piperidine rings is 1. The molecule has 1 fully saturated rings. The van der Waals surface area contributed by atoms with Crippen molar-refractivity contribution < 1.29 is 9.18 Å². The minimum atomic E-state index is -0.287. The number of hydrogen-bond donors (Lipinski definition) is 2. The lowest BCUT2D eigenvalue weighted by atomic mass is 9.64. The van der Waals surface area contributed by atoms with E-state index in [4.69, 9.17) is 0 Å². The van der Waals surface area contributed by atoms with Crippen LogP contribution < -0.4 is 10.6 Å². The minimum absolute atomic E-state index is 0.0294. The Bertz CT molecular complexity index is 845. The van der Waals surface area contributed by atoms with Crippen LogP contribution in [0.15, 0.2) is 45.3 Å². The van der Waals surface area contributed by atoms with Crippen molar-refractivity contribution in [1.82, 2.24) is 10.6 Å². The highest BCUT2D eigenvalue weighted by Gasteiger charge is 2.43. The van der Waals surface area contributed by atoms with Crippen LogP contribution in [0.2, 0.25) is 0 Å². The van der Waals surface area contributed by atoms with Crippen LogP contribution in [0.5, 0.6) is 0 Å². The second-order valence-electron chi connectivity index (χ2n) is 7.58. The Kier molecular flexibility index (Phi) is 6.94. The van der Waals surface area contributed by atoms with Gasteiger partial charge in [0.15, 0.2) is 0 Å². The van der Waals surface area contributed by atoms with Gasteiger partial charge in [-0.1, -0.05) is 44.8 Å². The second-order valence-corrected chi connectivity index (χ2v) is 9.41. The first-order chi connectivity index (χ1) is 13.3. The molecule has 3 nitrogen and oxygen atoms in total. The van der Waals surface area contributed by atoms with Gasteiger partial charge in [-0.05, 0) is 79.9 Å². The van der Waals surface area contributed by atoms with Gasteiger partial charge in [0.05, 0.1) is 0 Å². The van der Waals surface area contributed by atoms with E-state index in [1.807, 2.05) is 38.1 Å². The highest BCUT2D eigenvalue weighted by molar-refractivity contribution is 9.11. The van der Waals surface area contributed by atoms with Crippen molar-refractivity contribution in [3.63, 3.8) is 0 Å². The third-order valence-corrected chi connectivity index (χ3v) is 6.75. The molecule has 28 heavy (non-hydrogen) atoms. The van der Waals surface area contributed by atoms with E-state index in [1.165, 1.54) is 6.07 Å². The smallest absolute Gasteiger partial charge is 0.223 e. The van der Waals surface area contributed by atoms with Crippen LogP contribution in [0.1, 0.15) is 36.5 Å². The fraction of sp³-hybridized carbons (Fsp3) is 0.409. The SMILES string of the molecule is Cc1cc(F)ccc1C1(C(C)C(=O)NCc2cc(Br)cc(Br)c2)CCNCC1. The van der Waals surface area contributed by atoms with E-state index >= 15 is 0 Å². The van der Waals surface area contributed by atoms with Gasteiger partial charge in [-0.2, -0.15) is 0 Å². The summed E-state index contributed by atoms with van der Waals surface area (Å²) in [6.07, 6.45) is 1.72. The number of carbonyl (C=O) groups is 1. The number of benzene rings is 2. The standard InChI is InChI=1S/C22H25Br2FN2O/c1-14-9-19(25)3-4-20(14)22(5-7-26-8-6-22)15(2)21(28)27-13-16-10-17(23)12-18(24)11-16/h3-4,9-12,15,26H,5-8,13H2,1-2H3,(H,27,28). The predicted octanol–water partition coefficient (Wildman–Crippen LogP) is 5.23. The average Bonchev–Trinajstić information content (AvgIpc) is 2.65. The van der Waals surface area contributed by atoms with E-state index < -0.39 is 0 Å². The maximum atomic E-state index is 13.7. The molecule has 0 aliphatic carbocycles. The maximum absolute atomic E-state index is 13.7. The van der Waals surface area contributed by atoms with E-state index in [9.17, 15) is 9.18 Å². The van der Waals surface area contributed by atoms with E-state index in [2.05, 4.69) is 42.5 Å². The van der Waals surface area contributed by atoms with E-state index in [0.717, 1.165) is 51.6 Å². The minimum Gasteiger partial charge on any atom is -0.352 e. The number of halogens is 3. The molecule has 1 saturated heterocycles. The van der Waals surface area contributed by atoms with Crippen LogP contribution in [0.25, 0.3) is 0 Å². The molecule has 1 heterocycles. The first kappa shape index (κ1) is 21.5. The molecule has 1 aliphatic rings. The summed E-state index contributed by atoms with van der Waals surface area (Å²) in [6.45, 7) is 6.12. The fourth-order valence-electron chi connectivity index (χ4n) is 4.30. The molecule has 3 rings (SSSR count). The lowest BCUT2D eigenvalue weighted by molar-refractivity contribution is -0.127. The Morgan fingerprint density at radius 3 is 2.43 bits per heavy atom. The Morgan fingerprint density at radius 2 is 1.82 bits per heavy atom. The van der Waals surface area contributed by atoms with Crippen molar-refractivity contribution in [3.05, 3.63) is 67.9 Å². The van der Waals surface area contributed by atoms with Gasteiger partial charge in [-0.25, -0.2) is 4.39 Å². The summed E-state index contributed by atoms with van der Waals surface area (Å²) in [5.74, 6) is -0.418. The summed E-state index contributed by atoms with van der Waals surface area (Å²) in [7, 11) is 0. The summed E-state index contributed by atoms with van der Waals surface area (Å²) in [5, 5.41) is 6.49. The molecular formula is C22H25Br2FN2O. The van der Waals surface area contributed by atoms with Crippen molar-refractivity contribution in [2.24, 2.45) is 5.92 Å². The maximum Gasteiger partial charge on any atom is 0.223 e. The second kappa shape index (κ2) is 9.06. The van der Waals surface area contributed by atoms with E-state index in [1.54, 1.807) is 6.07 Å². The zero-order valence-corrected chi connectivity index (χ0v) is 19.3. The lowest BCUT2D eigenvalue weighted by Crippen LogP contribution is -2.49.